The summed E-state index contributed by atoms with van der Waals surface area (Å²) in [4.78, 5) is 27.2. The van der Waals surface area contributed by atoms with E-state index in [1.807, 2.05) is 0 Å². The second-order valence-electron chi connectivity index (χ2n) is 5.77. The number of carbonyl (C=O) groups is 2. The van der Waals surface area contributed by atoms with Gasteiger partial charge in [0.2, 0.25) is 11.8 Å². The maximum absolute atomic E-state index is 11.9. The Balaban J connectivity index is 1.55. The number of rotatable bonds is 8. The van der Waals surface area contributed by atoms with Crippen LogP contribution in [0.4, 0.5) is 0 Å². The molecule has 0 aromatic rings. The van der Waals surface area contributed by atoms with E-state index in [1.54, 1.807) is 9.80 Å². The number of carbonyl (C=O) groups excluding carboxylic acids is 2. The molecule has 2 aliphatic rings. The largest absolute Gasteiger partial charge is 0.698 e. The monoisotopic (exact) mass is 385 g/mol. The van der Waals surface area contributed by atoms with Crippen molar-refractivity contribution >= 4 is 20.1 Å². The molecule has 0 aromatic carbocycles. The minimum absolute atomic E-state index is 0.0243. The zero-order chi connectivity index (χ0) is 18.6. The second-order valence-corrected chi connectivity index (χ2v) is 6.73. The van der Waals surface area contributed by atoms with Crippen molar-refractivity contribution in [1.29, 1.82) is 0 Å². The van der Waals surface area contributed by atoms with Gasteiger partial charge in [0.1, 0.15) is 13.2 Å². The summed E-state index contributed by atoms with van der Waals surface area (Å²) in [5, 5.41) is 6.34. The van der Waals surface area contributed by atoms with Crippen LogP contribution in [0.3, 0.4) is 0 Å². The Morgan fingerprint density at radius 2 is 1.19 bits per heavy atom. The van der Waals surface area contributed by atoms with E-state index in [2.05, 4.69) is 10.6 Å². The van der Waals surface area contributed by atoms with Crippen LogP contribution in [0.1, 0.15) is 0 Å². The first-order valence-electron chi connectivity index (χ1n) is 8.72. The Hall–Kier alpha value is -1.64. The summed E-state index contributed by atoms with van der Waals surface area (Å²) >= 11 is 0. The molecule has 9 nitrogen and oxygen atoms in total. The fourth-order valence-corrected chi connectivity index (χ4v) is 3.01. The van der Waals surface area contributed by atoms with Crippen LogP contribution in [0, 0.1) is 0 Å². The molecule has 0 aromatic heterocycles. The van der Waals surface area contributed by atoms with E-state index in [-0.39, 0.29) is 25.0 Å². The molecule has 0 radical (unpaired) electrons. The van der Waals surface area contributed by atoms with Crippen molar-refractivity contribution in [2.75, 3.05) is 65.6 Å². The topological polar surface area (TPSA) is 100 Å². The lowest BCUT2D eigenvalue weighted by Crippen LogP contribution is -2.45. The molecule has 2 saturated heterocycles. The number of nitrogens with zero attached hydrogens (tertiary/aromatic N) is 2. The number of nitrogens with one attached hydrogen (secondary N) is 2. The highest BCUT2D eigenvalue weighted by Gasteiger charge is 2.19. The first kappa shape index (κ1) is 20.7. The van der Waals surface area contributed by atoms with E-state index in [0.29, 0.717) is 26.2 Å². The molecule has 0 aliphatic carbocycles. The average Bonchev–Trinajstić information content (AvgIpc) is 2.69. The van der Waals surface area contributed by atoms with Gasteiger partial charge in [0.15, 0.2) is 0 Å². The lowest BCUT2D eigenvalue weighted by molar-refractivity contribution is -0.127. The standard InChI is InChI=1S/C16H26N4O5P/c21-15(19-9-5-17-6-10-19)3-1-13-24-26(23)25-14-2-4-16(22)20-11-7-18-8-12-20/h1-4,17-18H,5-14H2/q+1. The molecule has 0 bridgehead atoms. The Kier molecular flexibility index (Phi) is 9.44. The molecular formula is C16H26N4O5P+. The minimum atomic E-state index is -2.29. The molecule has 0 atom stereocenters. The van der Waals surface area contributed by atoms with Crippen molar-refractivity contribution in [2.45, 2.75) is 0 Å². The molecule has 2 N–H and O–H groups in total. The van der Waals surface area contributed by atoms with Crippen molar-refractivity contribution in [3.05, 3.63) is 24.3 Å². The SMILES string of the molecule is O=C(C=CCO[P+](=O)OCC=CC(=O)N1CCNCC1)N1CCNCC1. The van der Waals surface area contributed by atoms with Gasteiger partial charge in [-0.1, -0.05) is 0 Å². The Bertz CT molecular complexity index is 497. The molecule has 2 rings (SSSR count). The molecule has 2 aliphatic heterocycles. The Labute approximate surface area is 154 Å². The van der Waals surface area contributed by atoms with Crippen LogP contribution < -0.4 is 10.6 Å². The molecule has 144 valence electrons. The van der Waals surface area contributed by atoms with Crippen LogP contribution in [0.15, 0.2) is 24.3 Å². The molecule has 26 heavy (non-hydrogen) atoms. The van der Waals surface area contributed by atoms with Crippen LogP contribution in [0.2, 0.25) is 0 Å². The van der Waals surface area contributed by atoms with Gasteiger partial charge >= 0.3 is 8.25 Å². The summed E-state index contributed by atoms with van der Waals surface area (Å²) in [6.45, 7) is 5.94. The fraction of sp³-hybridized carbons (Fsp3) is 0.625. The van der Waals surface area contributed by atoms with Crippen molar-refractivity contribution in [1.82, 2.24) is 20.4 Å². The molecule has 0 unspecified atom stereocenters. The third kappa shape index (κ3) is 7.72. The molecule has 10 heteroatoms. The zero-order valence-corrected chi connectivity index (χ0v) is 15.7. The van der Waals surface area contributed by atoms with Gasteiger partial charge in [-0.15, -0.1) is 9.05 Å². The summed E-state index contributed by atoms with van der Waals surface area (Å²) in [6.07, 6.45) is 5.87. The van der Waals surface area contributed by atoms with Crippen LogP contribution in [-0.4, -0.2) is 87.2 Å². The summed E-state index contributed by atoms with van der Waals surface area (Å²) in [5.41, 5.74) is 0. The van der Waals surface area contributed by atoms with Gasteiger partial charge in [-0.25, -0.2) is 0 Å². The highest BCUT2D eigenvalue weighted by Crippen LogP contribution is 2.23. The van der Waals surface area contributed by atoms with Crippen molar-refractivity contribution < 1.29 is 23.2 Å². The number of hydrogen-bond donors (Lipinski definition) is 2. The number of piperazine rings is 2. The summed E-state index contributed by atoms with van der Waals surface area (Å²) in [5.74, 6) is -0.166. The van der Waals surface area contributed by atoms with Crippen LogP contribution in [-0.2, 0) is 23.2 Å². The van der Waals surface area contributed by atoms with Crippen molar-refractivity contribution in [2.24, 2.45) is 0 Å². The third-order valence-electron chi connectivity index (χ3n) is 3.93. The average molecular weight is 385 g/mol. The minimum Gasteiger partial charge on any atom is -0.337 e. The fourth-order valence-electron chi connectivity index (χ4n) is 2.52. The van der Waals surface area contributed by atoms with E-state index in [9.17, 15) is 14.2 Å². The van der Waals surface area contributed by atoms with Gasteiger partial charge in [0.05, 0.1) is 0 Å². The predicted molar refractivity (Wildman–Crippen MR) is 96.7 cm³/mol. The highest BCUT2D eigenvalue weighted by molar-refractivity contribution is 7.33. The Morgan fingerprint density at radius 3 is 1.58 bits per heavy atom. The molecule has 2 heterocycles. The van der Waals surface area contributed by atoms with E-state index in [1.165, 1.54) is 24.3 Å². The number of hydrogen-bond acceptors (Lipinski definition) is 7. The van der Waals surface area contributed by atoms with Crippen LogP contribution in [0.25, 0.3) is 0 Å². The number of amides is 2. The maximum atomic E-state index is 11.9. The molecule has 2 fully saturated rings. The molecular weight excluding hydrogens is 359 g/mol. The maximum Gasteiger partial charge on any atom is 0.698 e. The van der Waals surface area contributed by atoms with Crippen LogP contribution in [0.5, 0.6) is 0 Å². The first-order chi connectivity index (χ1) is 12.7. The Morgan fingerprint density at radius 1 is 0.808 bits per heavy atom. The normalized spacial score (nSPS) is 19.3. The van der Waals surface area contributed by atoms with Crippen molar-refractivity contribution in [3.8, 4) is 0 Å². The van der Waals surface area contributed by atoms with Gasteiger partial charge < -0.3 is 20.4 Å². The molecule has 2 amide bonds. The summed E-state index contributed by atoms with van der Waals surface area (Å²) < 4.78 is 21.5. The second kappa shape index (κ2) is 11.9. The van der Waals surface area contributed by atoms with E-state index < -0.39 is 8.25 Å². The van der Waals surface area contributed by atoms with Gasteiger partial charge in [-0.05, 0) is 12.2 Å². The summed E-state index contributed by atoms with van der Waals surface area (Å²) in [6, 6.07) is 0. The van der Waals surface area contributed by atoms with Gasteiger partial charge in [0, 0.05) is 69.1 Å². The molecule has 0 saturated carbocycles. The van der Waals surface area contributed by atoms with Gasteiger partial charge in [-0.3, -0.25) is 9.59 Å². The zero-order valence-electron chi connectivity index (χ0n) is 14.8. The van der Waals surface area contributed by atoms with E-state index in [0.717, 1.165) is 26.2 Å². The van der Waals surface area contributed by atoms with Gasteiger partial charge in [-0.2, -0.15) is 0 Å². The summed E-state index contributed by atoms with van der Waals surface area (Å²) in [7, 11) is -2.29. The smallest absolute Gasteiger partial charge is 0.337 e. The van der Waals surface area contributed by atoms with Gasteiger partial charge in [0.25, 0.3) is 0 Å². The lowest BCUT2D eigenvalue weighted by atomic mass is 10.3. The molecule has 0 spiro atoms. The predicted octanol–water partition coefficient (Wildman–Crippen LogP) is -0.347. The van der Waals surface area contributed by atoms with E-state index >= 15 is 0 Å². The third-order valence-corrected chi connectivity index (χ3v) is 4.65. The first-order valence-corrected chi connectivity index (χ1v) is 9.82. The van der Waals surface area contributed by atoms with Crippen molar-refractivity contribution in [3.63, 3.8) is 0 Å². The quantitative estimate of drug-likeness (QED) is 0.435. The highest BCUT2D eigenvalue weighted by atomic mass is 31.1. The lowest BCUT2D eigenvalue weighted by Gasteiger charge is -2.26. The van der Waals surface area contributed by atoms with Crippen LogP contribution >= 0.6 is 8.25 Å². The van der Waals surface area contributed by atoms with E-state index in [4.69, 9.17) is 9.05 Å².